The summed E-state index contributed by atoms with van der Waals surface area (Å²) in [6.07, 6.45) is 4.97. The maximum atomic E-state index is 5.54. The van der Waals surface area contributed by atoms with Crippen molar-refractivity contribution in [2.24, 2.45) is 0 Å². The fourth-order valence-electron chi connectivity index (χ4n) is 2.27. The molecule has 0 saturated heterocycles. The highest BCUT2D eigenvalue weighted by molar-refractivity contribution is 5.07. The Balaban J connectivity index is 1.69. The lowest BCUT2D eigenvalue weighted by Crippen LogP contribution is -2.45. The van der Waals surface area contributed by atoms with Crippen molar-refractivity contribution in [3.63, 3.8) is 0 Å². The van der Waals surface area contributed by atoms with E-state index in [1.54, 1.807) is 0 Å². The van der Waals surface area contributed by atoms with Crippen LogP contribution in [0, 0.1) is 0 Å². The predicted molar refractivity (Wildman–Crippen MR) is 65.4 cm³/mol. The van der Waals surface area contributed by atoms with Crippen LogP contribution in [-0.4, -0.2) is 23.3 Å². The summed E-state index contributed by atoms with van der Waals surface area (Å²) in [4.78, 5) is 0. The van der Waals surface area contributed by atoms with Crippen LogP contribution in [-0.2, 0) is 17.8 Å². The first-order valence-corrected chi connectivity index (χ1v) is 6.32. The number of aryl methyl sites for hydroxylation is 1. The van der Waals surface area contributed by atoms with Crippen molar-refractivity contribution in [3.8, 4) is 0 Å². The Labute approximate surface area is 97.8 Å². The number of hydrogen-bond acceptors (Lipinski definition) is 2. The molecular weight excluding hydrogens is 200 g/mol. The summed E-state index contributed by atoms with van der Waals surface area (Å²) in [5.41, 5.74) is 1.38. The van der Waals surface area contributed by atoms with Gasteiger partial charge in [0.2, 0.25) is 0 Å². The molecule has 1 fully saturated rings. The normalized spacial score (nSPS) is 24.4. The average Bonchev–Trinajstić information content (AvgIpc) is 2.68. The summed E-state index contributed by atoms with van der Waals surface area (Å²) in [7, 11) is 0. The van der Waals surface area contributed by atoms with Crippen LogP contribution in [0.25, 0.3) is 0 Å². The lowest BCUT2D eigenvalue weighted by molar-refractivity contribution is -0.0103. The highest BCUT2D eigenvalue weighted by Crippen LogP contribution is 2.23. The average molecular weight is 222 g/mol. The molecule has 90 valence electrons. The van der Waals surface area contributed by atoms with Gasteiger partial charge >= 0.3 is 0 Å². The topological polar surface area (TPSA) is 26.2 Å². The fourth-order valence-corrected chi connectivity index (χ4v) is 2.27. The van der Waals surface area contributed by atoms with E-state index in [0.29, 0.717) is 12.1 Å². The molecule has 1 heterocycles. The molecule has 1 aromatic heterocycles. The van der Waals surface area contributed by atoms with Crippen LogP contribution >= 0.6 is 0 Å². The molecule has 16 heavy (non-hydrogen) atoms. The number of ether oxygens (including phenoxy) is 1. The number of nitrogens with zero attached hydrogens (tertiary/aromatic N) is 1. The lowest BCUT2D eigenvalue weighted by Gasteiger charge is -2.35. The van der Waals surface area contributed by atoms with Crippen molar-refractivity contribution < 1.29 is 4.74 Å². The third-order valence-electron chi connectivity index (χ3n) is 3.33. The predicted octanol–water partition coefficient (Wildman–Crippen LogP) is 2.17. The first-order chi connectivity index (χ1) is 7.83. The Bertz CT molecular complexity index is 315. The molecule has 0 spiro atoms. The zero-order valence-corrected chi connectivity index (χ0v) is 10.3. The molecule has 0 aliphatic heterocycles. The monoisotopic (exact) mass is 222 g/mol. The number of nitrogens with one attached hydrogen (secondary N) is 1. The molecule has 0 atom stereocenters. The third-order valence-corrected chi connectivity index (χ3v) is 3.33. The summed E-state index contributed by atoms with van der Waals surface area (Å²) in [5.74, 6) is 0. The Morgan fingerprint density at radius 2 is 2.25 bits per heavy atom. The first-order valence-electron chi connectivity index (χ1n) is 6.32. The van der Waals surface area contributed by atoms with Gasteiger partial charge in [0.05, 0.1) is 6.10 Å². The summed E-state index contributed by atoms with van der Waals surface area (Å²) in [6.45, 7) is 7.11. The SMILES string of the molecule is CCOC1CC(NCc2cccn2CC)C1. The zero-order valence-electron chi connectivity index (χ0n) is 10.3. The second-order valence-corrected chi connectivity index (χ2v) is 4.41. The molecule has 0 aromatic carbocycles. The number of aromatic nitrogens is 1. The highest BCUT2D eigenvalue weighted by atomic mass is 16.5. The van der Waals surface area contributed by atoms with Gasteiger partial charge in [-0.1, -0.05) is 0 Å². The van der Waals surface area contributed by atoms with Gasteiger partial charge in [0.25, 0.3) is 0 Å². The van der Waals surface area contributed by atoms with E-state index in [9.17, 15) is 0 Å². The van der Waals surface area contributed by atoms with Crippen LogP contribution in [0.4, 0.5) is 0 Å². The Kier molecular flexibility index (Phi) is 4.02. The van der Waals surface area contributed by atoms with E-state index < -0.39 is 0 Å². The van der Waals surface area contributed by atoms with Crippen molar-refractivity contribution in [1.82, 2.24) is 9.88 Å². The van der Waals surface area contributed by atoms with Gasteiger partial charge in [-0.15, -0.1) is 0 Å². The molecule has 3 nitrogen and oxygen atoms in total. The van der Waals surface area contributed by atoms with E-state index in [1.165, 1.54) is 18.5 Å². The molecular formula is C13H22N2O. The minimum atomic E-state index is 0.500. The molecule has 1 aliphatic rings. The van der Waals surface area contributed by atoms with Crippen molar-refractivity contribution in [2.45, 2.75) is 51.9 Å². The highest BCUT2D eigenvalue weighted by Gasteiger charge is 2.28. The zero-order chi connectivity index (χ0) is 11.4. The lowest BCUT2D eigenvalue weighted by atomic mass is 9.89. The van der Waals surface area contributed by atoms with E-state index in [4.69, 9.17) is 4.74 Å². The molecule has 1 aromatic rings. The van der Waals surface area contributed by atoms with Gasteiger partial charge in [-0.2, -0.15) is 0 Å². The van der Waals surface area contributed by atoms with Crippen LogP contribution in [0.2, 0.25) is 0 Å². The van der Waals surface area contributed by atoms with Gasteiger partial charge in [-0.3, -0.25) is 0 Å². The smallest absolute Gasteiger partial charge is 0.0604 e. The molecule has 0 radical (unpaired) electrons. The molecule has 1 saturated carbocycles. The minimum absolute atomic E-state index is 0.500. The second kappa shape index (κ2) is 5.51. The van der Waals surface area contributed by atoms with E-state index >= 15 is 0 Å². The van der Waals surface area contributed by atoms with E-state index in [2.05, 4.69) is 42.1 Å². The van der Waals surface area contributed by atoms with E-state index in [0.717, 1.165) is 19.7 Å². The van der Waals surface area contributed by atoms with Gasteiger partial charge < -0.3 is 14.6 Å². The minimum Gasteiger partial charge on any atom is -0.378 e. The van der Waals surface area contributed by atoms with Crippen molar-refractivity contribution in [1.29, 1.82) is 0 Å². The standard InChI is InChI=1S/C13H22N2O/c1-3-15-7-5-6-12(15)10-14-11-8-13(9-11)16-4-2/h5-7,11,13-14H,3-4,8-10H2,1-2H3. The number of rotatable bonds is 6. The molecule has 3 heteroatoms. The quantitative estimate of drug-likeness (QED) is 0.798. The maximum absolute atomic E-state index is 5.54. The van der Waals surface area contributed by atoms with E-state index in [1.807, 2.05) is 0 Å². The number of hydrogen-bond donors (Lipinski definition) is 1. The van der Waals surface area contributed by atoms with Crippen LogP contribution in [0.15, 0.2) is 18.3 Å². The molecule has 1 N–H and O–H groups in total. The Morgan fingerprint density at radius 1 is 1.44 bits per heavy atom. The Morgan fingerprint density at radius 3 is 2.94 bits per heavy atom. The molecule has 1 aliphatic carbocycles. The first kappa shape index (κ1) is 11.7. The van der Waals surface area contributed by atoms with Crippen molar-refractivity contribution in [2.75, 3.05) is 6.61 Å². The van der Waals surface area contributed by atoms with Crippen molar-refractivity contribution >= 4 is 0 Å². The molecule has 2 rings (SSSR count). The third kappa shape index (κ3) is 2.66. The fraction of sp³-hybridized carbons (Fsp3) is 0.692. The van der Waals surface area contributed by atoms with Crippen LogP contribution in [0.3, 0.4) is 0 Å². The summed E-state index contributed by atoms with van der Waals surface area (Å²) in [5, 5.41) is 3.58. The summed E-state index contributed by atoms with van der Waals surface area (Å²) < 4.78 is 7.83. The Hall–Kier alpha value is -0.800. The van der Waals surface area contributed by atoms with Crippen molar-refractivity contribution in [3.05, 3.63) is 24.0 Å². The maximum Gasteiger partial charge on any atom is 0.0604 e. The van der Waals surface area contributed by atoms with E-state index in [-0.39, 0.29) is 0 Å². The summed E-state index contributed by atoms with van der Waals surface area (Å²) in [6, 6.07) is 4.95. The van der Waals surface area contributed by atoms with Gasteiger partial charge in [0.1, 0.15) is 0 Å². The van der Waals surface area contributed by atoms with Gasteiger partial charge in [-0.05, 0) is 38.8 Å². The largest absolute Gasteiger partial charge is 0.378 e. The van der Waals surface area contributed by atoms with Gasteiger partial charge in [0, 0.05) is 37.6 Å². The van der Waals surface area contributed by atoms with Gasteiger partial charge in [-0.25, -0.2) is 0 Å². The molecule has 0 unspecified atom stereocenters. The second-order valence-electron chi connectivity index (χ2n) is 4.41. The van der Waals surface area contributed by atoms with Gasteiger partial charge in [0.15, 0.2) is 0 Å². The van der Waals surface area contributed by atoms with Crippen LogP contribution in [0.5, 0.6) is 0 Å². The molecule has 0 amide bonds. The van der Waals surface area contributed by atoms with Crippen LogP contribution in [0.1, 0.15) is 32.4 Å². The summed E-state index contributed by atoms with van der Waals surface area (Å²) >= 11 is 0. The van der Waals surface area contributed by atoms with Crippen LogP contribution < -0.4 is 5.32 Å². The molecule has 0 bridgehead atoms.